The molecule has 0 radical (unpaired) electrons. The first-order valence-electron chi connectivity index (χ1n) is 7.63. The first kappa shape index (κ1) is 15.4. The topological polar surface area (TPSA) is 145 Å². The van der Waals surface area contributed by atoms with Gasteiger partial charge in [-0.05, 0) is 35.6 Å². The largest absolute Gasteiger partial charge is 0.476 e. The summed E-state index contributed by atoms with van der Waals surface area (Å²) >= 11 is 0. The Morgan fingerprint density at radius 2 is 2.13 bits per heavy atom. The smallest absolute Gasteiger partial charge is 0.358 e. The molecule has 10 heteroatoms. The van der Waals surface area contributed by atoms with Crippen LogP contribution in [0.25, 0.3) is 5.82 Å². The molecule has 0 atom stereocenters. The van der Waals surface area contributed by atoms with Crippen molar-refractivity contribution in [1.29, 1.82) is 0 Å². The van der Waals surface area contributed by atoms with Gasteiger partial charge in [-0.1, -0.05) is 24.5 Å². The Balaban J connectivity index is 1.75. The molecule has 0 amide bonds. The zero-order chi connectivity index (χ0) is 16.2. The first-order chi connectivity index (χ1) is 11.2. The van der Waals surface area contributed by atoms with Crippen molar-refractivity contribution in [2.75, 3.05) is 12.3 Å². The van der Waals surface area contributed by atoms with Gasteiger partial charge >= 0.3 is 5.97 Å². The summed E-state index contributed by atoms with van der Waals surface area (Å²) < 4.78 is 5.80. The molecule has 0 bridgehead atoms. The van der Waals surface area contributed by atoms with E-state index in [0.717, 1.165) is 6.54 Å². The molecule has 23 heavy (non-hydrogen) atoms. The molecule has 2 aromatic rings. The predicted molar refractivity (Wildman–Crippen MR) is 78.9 cm³/mol. The highest BCUT2D eigenvalue weighted by Crippen LogP contribution is 2.23. The van der Waals surface area contributed by atoms with Crippen LogP contribution in [-0.2, 0) is 6.54 Å². The molecule has 0 saturated heterocycles. The van der Waals surface area contributed by atoms with E-state index in [9.17, 15) is 9.90 Å². The van der Waals surface area contributed by atoms with Gasteiger partial charge in [-0.3, -0.25) is 0 Å². The van der Waals surface area contributed by atoms with Gasteiger partial charge in [0.25, 0.3) is 0 Å². The van der Waals surface area contributed by atoms with Crippen molar-refractivity contribution >= 4 is 11.8 Å². The fourth-order valence-corrected chi connectivity index (χ4v) is 2.92. The highest BCUT2D eigenvalue weighted by atomic mass is 16.6. The van der Waals surface area contributed by atoms with Crippen molar-refractivity contribution in [2.45, 2.75) is 38.6 Å². The minimum Gasteiger partial charge on any atom is -0.476 e. The van der Waals surface area contributed by atoms with Crippen molar-refractivity contribution < 1.29 is 14.5 Å². The zero-order valence-corrected chi connectivity index (χ0v) is 12.6. The van der Waals surface area contributed by atoms with Gasteiger partial charge in [-0.15, -0.1) is 5.10 Å². The van der Waals surface area contributed by atoms with E-state index < -0.39 is 5.97 Å². The van der Waals surface area contributed by atoms with E-state index in [1.54, 1.807) is 0 Å². The standard InChI is InChI=1S/C13H19N7O3/c14-11-12(18-23-17-11)20-9(10(13(21)22)16-19-20)7-15-6-8-4-2-1-3-5-8/h8,15H,1-7H2,(H2,14,17)(H,21,22). The average molecular weight is 321 g/mol. The number of nitrogens with zero attached hydrogens (tertiary/aromatic N) is 5. The summed E-state index contributed by atoms with van der Waals surface area (Å²) in [6.45, 7) is 1.13. The zero-order valence-electron chi connectivity index (χ0n) is 12.6. The second-order valence-corrected chi connectivity index (χ2v) is 5.71. The predicted octanol–water partition coefficient (Wildman–Crippen LogP) is 0.601. The van der Waals surface area contributed by atoms with Crippen LogP contribution in [0.15, 0.2) is 4.63 Å². The van der Waals surface area contributed by atoms with Crippen molar-refractivity contribution in [2.24, 2.45) is 5.92 Å². The Bertz CT molecular complexity index is 675. The molecule has 1 saturated carbocycles. The van der Waals surface area contributed by atoms with E-state index in [1.165, 1.54) is 36.8 Å². The molecule has 1 fully saturated rings. The number of nitrogen functional groups attached to an aromatic ring is 1. The Kier molecular flexibility index (Phi) is 4.51. The molecule has 0 aromatic carbocycles. The Morgan fingerprint density at radius 1 is 1.35 bits per heavy atom. The number of nitrogens with one attached hydrogen (secondary N) is 1. The summed E-state index contributed by atoms with van der Waals surface area (Å²) in [5.41, 5.74) is 5.88. The fourth-order valence-electron chi connectivity index (χ4n) is 2.92. The fraction of sp³-hybridized carbons (Fsp3) is 0.615. The lowest BCUT2D eigenvalue weighted by Crippen LogP contribution is -2.26. The van der Waals surface area contributed by atoms with Gasteiger partial charge < -0.3 is 16.2 Å². The summed E-state index contributed by atoms with van der Waals surface area (Å²) in [6.07, 6.45) is 6.22. The molecule has 2 aromatic heterocycles. The molecule has 3 rings (SSSR count). The summed E-state index contributed by atoms with van der Waals surface area (Å²) in [5, 5.41) is 27.2. The van der Waals surface area contributed by atoms with Crippen LogP contribution in [0.3, 0.4) is 0 Å². The summed E-state index contributed by atoms with van der Waals surface area (Å²) in [4.78, 5) is 11.3. The first-order valence-corrected chi connectivity index (χ1v) is 7.63. The third-order valence-corrected chi connectivity index (χ3v) is 4.11. The number of aromatic nitrogens is 5. The number of carboxylic acids is 1. The van der Waals surface area contributed by atoms with E-state index in [4.69, 9.17) is 5.73 Å². The van der Waals surface area contributed by atoms with E-state index in [1.807, 2.05) is 0 Å². The number of carboxylic acid groups (broad SMARTS) is 1. The van der Waals surface area contributed by atoms with E-state index in [0.29, 0.717) is 18.2 Å². The molecule has 4 N–H and O–H groups in total. The van der Waals surface area contributed by atoms with Crippen molar-refractivity contribution in [1.82, 2.24) is 30.6 Å². The Hall–Kier alpha value is -2.49. The summed E-state index contributed by atoms with van der Waals surface area (Å²) in [7, 11) is 0. The number of hydrogen-bond acceptors (Lipinski definition) is 8. The van der Waals surface area contributed by atoms with Crippen LogP contribution in [0.1, 0.15) is 48.3 Å². The average Bonchev–Trinajstić information content (AvgIpc) is 3.14. The molecule has 2 heterocycles. The highest BCUT2D eigenvalue weighted by Gasteiger charge is 2.23. The monoisotopic (exact) mass is 321 g/mol. The SMILES string of the molecule is Nc1nonc1-n1nnc(C(=O)O)c1CNCC1CCCCC1. The van der Waals surface area contributed by atoms with Gasteiger partial charge in [-0.25, -0.2) is 9.42 Å². The molecule has 10 nitrogen and oxygen atoms in total. The van der Waals surface area contributed by atoms with Crippen LogP contribution in [0, 0.1) is 5.92 Å². The lowest BCUT2D eigenvalue weighted by Gasteiger charge is -2.21. The number of nitrogens with two attached hydrogens (primary N) is 1. The lowest BCUT2D eigenvalue weighted by molar-refractivity contribution is 0.0689. The van der Waals surface area contributed by atoms with Crippen molar-refractivity contribution in [3.05, 3.63) is 11.4 Å². The van der Waals surface area contributed by atoms with Crippen LogP contribution in [0.5, 0.6) is 0 Å². The van der Waals surface area contributed by atoms with E-state index in [2.05, 4.69) is 30.6 Å². The number of anilines is 1. The van der Waals surface area contributed by atoms with Crippen molar-refractivity contribution in [3.8, 4) is 5.82 Å². The second kappa shape index (κ2) is 6.73. The third kappa shape index (κ3) is 3.31. The van der Waals surface area contributed by atoms with E-state index >= 15 is 0 Å². The van der Waals surface area contributed by atoms with Crippen LogP contribution in [0.2, 0.25) is 0 Å². The van der Waals surface area contributed by atoms with Gasteiger partial charge in [0.05, 0.1) is 5.69 Å². The molecule has 1 aliphatic carbocycles. The molecule has 0 aliphatic heterocycles. The maximum Gasteiger partial charge on any atom is 0.358 e. The second-order valence-electron chi connectivity index (χ2n) is 5.71. The van der Waals surface area contributed by atoms with Crippen LogP contribution >= 0.6 is 0 Å². The number of aromatic carboxylic acids is 1. The van der Waals surface area contributed by atoms with Crippen LogP contribution < -0.4 is 11.1 Å². The quantitative estimate of drug-likeness (QED) is 0.696. The van der Waals surface area contributed by atoms with Crippen LogP contribution in [-0.4, -0.2) is 42.9 Å². The summed E-state index contributed by atoms with van der Waals surface area (Å²) in [5.74, 6) is -0.360. The van der Waals surface area contributed by atoms with E-state index in [-0.39, 0.29) is 17.3 Å². The summed E-state index contributed by atoms with van der Waals surface area (Å²) in [6, 6.07) is 0. The van der Waals surface area contributed by atoms with Gasteiger partial charge in [0.2, 0.25) is 11.6 Å². The van der Waals surface area contributed by atoms with Gasteiger partial charge in [-0.2, -0.15) is 4.68 Å². The minimum absolute atomic E-state index is 0.0281. The minimum atomic E-state index is -1.15. The third-order valence-electron chi connectivity index (χ3n) is 4.11. The Morgan fingerprint density at radius 3 is 2.78 bits per heavy atom. The number of hydrogen-bond donors (Lipinski definition) is 3. The number of carbonyl (C=O) groups is 1. The van der Waals surface area contributed by atoms with Crippen molar-refractivity contribution in [3.63, 3.8) is 0 Å². The molecular weight excluding hydrogens is 302 g/mol. The molecule has 0 spiro atoms. The molecule has 1 aliphatic rings. The number of rotatable bonds is 6. The normalized spacial score (nSPS) is 15.8. The molecule has 124 valence electrons. The maximum atomic E-state index is 11.3. The maximum absolute atomic E-state index is 11.3. The van der Waals surface area contributed by atoms with Gasteiger partial charge in [0, 0.05) is 6.54 Å². The lowest BCUT2D eigenvalue weighted by atomic mass is 9.89. The highest BCUT2D eigenvalue weighted by molar-refractivity contribution is 5.86. The molecule has 0 unspecified atom stereocenters. The van der Waals surface area contributed by atoms with Crippen LogP contribution in [0.4, 0.5) is 5.82 Å². The Labute approximate surface area is 132 Å². The molecular formula is C13H19N7O3. The van der Waals surface area contributed by atoms with Gasteiger partial charge in [0.1, 0.15) is 0 Å². The van der Waals surface area contributed by atoms with Gasteiger partial charge in [0.15, 0.2) is 5.69 Å².